The number of nitrogens with one attached hydrogen (secondary N) is 2. The van der Waals surface area contributed by atoms with E-state index in [1.165, 1.54) is 0 Å². The van der Waals surface area contributed by atoms with E-state index >= 15 is 0 Å². The summed E-state index contributed by atoms with van der Waals surface area (Å²) in [6.45, 7) is 9.75. The maximum atomic E-state index is 11.8. The van der Waals surface area contributed by atoms with Crippen molar-refractivity contribution in [3.05, 3.63) is 0 Å². The maximum absolute atomic E-state index is 11.8. The fraction of sp³-hybridized carbons (Fsp3) is 0.929. The van der Waals surface area contributed by atoms with Crippen LogP contribution in [-0.2, 0) is 4.74 Å². The fourth-order valence-corrected chi connectivity index (χ4v) is 2.30. The Hall–Kier alpha value is -0.850. The molecule has 0 spiro atoms. The maximum Gasteiger partial charge on any atom is 0.315 e. The molecule has 1 aliphatic heterocycles. The van der Waals surface area contributed by atoms with Gasteiger partial charge >= 0.3 is 6.03 Å². The number of amides is 2. The monoisotopic (exact) mass is 287 g/mol. The zero-order valence-corrected chi connectivity index (χ0v) is 12.9. The lowest BCUT2D eigenvalue weighted by atomic mass is 10.1. The number of likely N-dealkylation sites (tertiary alicyclic amines) is 1. The van der Waals surface area contributed by atoms with Gasteiger partial charge in [0, 0.05) is 24.7 Å². The van der Waals surface area contributed by atoms with Crippen molar-refractivity contribution in [3.63, 3.8) is 0 Å². The Labute approximate surface area is 121 Å². The second-order valence-electron chi connectivity index (χ2n) is 6.32. The third-order valence-corrected chi connectivity index (χ3v) is 3.12. The van der Waals surface area contributed by atoms with Gasteiger partial charge in [0.05, 0.1) is 19.8 Å². The normalized spacial score (nSPS) is 20.7. The number of piperidine rings is 1. The SMILES string of the molecule is CC(C)(C)NC(=O)NC1CCCN(CCOCCO)C1. The molecule has 0 aliphatic carbocycles. The Morgan fingerprint density at radius 2 is 2.15 bits per heavy atom. The molecule has 1 rings (SSSR count). The van der Waals surface area contributed by atoms with Gasteiger partial charge in [0.25, 0.3) is 0 Å². The molecule has 0 bridgehead atoms. The quantitative estimate of drug-likeness (QED) is 0.624. The van der Waals surface area contributed by atoms with Crippen LogP contribution in [0.25, 0.3) is 0 Å². The molecule has 0 aromatic rings. The second-order valence-corrected chi connectivity index (χ2v) is 6.32. The summed E-state index contributed by atoms with van der Waals surface area (Å²) in [5, 5.41) is 14.6. The molecule has 118 valence electrons. The molecule has 1 unspecified atom stereocenters. The van der Waals surface area contributed by atoms with Crippen LogP contribution in [-0.4, -0.2) is 67.1 Å². The molecule has 6 nitrogen and oxygen atoms in total. The molecule has 1 fully saturated rings. The number of carbonyl (C=O) groups is 1. The number of urea groups is 1. The van der Waals surface area contributed by atoms with E-state index < -0.39 is 0 Å². The number of aliphatic hydroxyl groups is 1. The van der Waals surface area contributed by atoms with Crippen LogP contribution in [0.2, 0.25) is 0 Å². The number of ether oxygens (including phenoxy) is 1. The minimum atomic E-state index is -0.212. The van der Waals surface area contributed by atoms with E-state index in [0.29, 0.717) is 13.2 Å². The smallest absolute Gasteiger partial charge is 0.315 e. The Balaban J connectivity index is 2.24. The van der Waals surface area contributed by atoms with Gasteiger partial charge in [-0.05, 0) is 40.2 Å². The van der Waals surface area contributed by atoms with Crippen molar-refractivity contribution in [2.24, 2.45) is 0 Å². The molecule has 20 heavy (non-hydrogen) atoms. The summed E-state index contributed by atoms with van der Waals surface area (Å²) in [6.07, 6.45) is 2.10. The summed E-state index contributed by atoms with van der Waals surface area (Å²) in [5.74, 6) is 0. The number of aliphatic hydroxyl groups excluding tert-OH is 1. The highest BCUT2D eigenvalue weighted by Gasteiger charge is 2.22. The molecule has 1 atom stereocenters. The van der Waals surface area contributed by atoms with Crippen molar-refractivity contribution in [2.75, 3.05) is 39.5 Å². The largest absolute Gasteiger partial charge is 0.394 e. The first kappa shape index (κ1) is 17.2. The van der Waals surface area contributed by atoms with Gasteiger partial charge < -0.3 is 20.5 Å². The number of hydrogen-bond donors (Lipinski definition) is 3. The molecule has 6 heteroatoms. The number of nitrogens with zero attached hydrogens (tertiary/aromatic N) is 1. The minimum absolute atomic E-state index is 0.0666. The zero-order valence-electron chi connectivity index (χ0n) is 12.9. The fourth-order valence-electron chi connectivity index (χ4n) is 2.30. The summed E-state index contributed by atoms with van der Waals surface area (Å²) >= 11 is 0. The highest BCUT2D eigenvalue weighted by Crippen LogP contribution is 2.10. The first-order valence-electron chi connectivity index (χ1n) is 7.40. The minimum Gasteiger partial charge on any atom is -0.394 e. The molecule has 1 heterocycles. The van der Waals surface area contributed by atoms with E-state index in [1.54, 1.807) is 0 Å². The predicted molar refractivity (Wildman–Crippen MR) is 78.8 cm³/mol. The van der Waals surface area contributed by atoms with Crippen LogP contribution in [0.15, 0.2) is 0 Å². The van der Waals surface area contributed by atoms with Crippen LogP contribution >= 0.6 is 0 Å². The summed E-state index contributed by atoms with van der Waals surface area (Å²) in [6, 6.07) is 0.102. The Kier molecular flexibility index (Phi) is 7.26. The second kappa shape index (κ2) is 8.44. The van der Waals surface area contributed by atoms with Gasteiger partial charge in [-0.25, -0.2) is 4.79 Å². The summed E-state index contributed by atoms with van der Waals surface area (Å²) in [7, 11) is 0. The molecular formula is C14H29N3O3. The van der Waals surface area contributed by atoms with E-state index in [4.69, 9.17) is 9.84 Å². The number of hydrogen-bond acceptors (Lipinski definition) is 4. The molecule has 1 aliphatic rings. The summed E-state index contributed by atoms with van der Waals surface area (Å²) in [4.78, 5) is 14.1. The van der Waals surface area contributed by atoms with Crippen LogP contribution in [0.1, 0.15) is 33.6 Å². The molecule has 3 N–H and O–H groups in total. The lowest BCUT2D eigenvalue weighted by Crippen LogP contribution is -2.54. The zero-order chi connectivity index (χ0) is 15.0. The van der Waals surface area contributed by atoms with Gasteiger partial charge in [-0.15, -0.1) is 0 Å². The lowest BCUT2D eigenvalue weighted by molar-refractivity contribution is 0.0660. The summed E-state index contributed by atoms with van der Waals surface area (Å²) < 4.78 is 5.28. The predicted octanol–water partition coefficient (Wildman–Crippen LogP) is 0.557. The van der Waals surface area contributed by atoms with Crippen molar-refractivity contribution in [2.45, 2.75) is 45.2 Å². The molecule has 1 saturated heterocycles. The molecule has 2 amide bonds. The highest BCUT2D eigenvalue weighted by molar-refractivity contribution is 5.75. The highest BCUT2D eigenvalue weighted by atomic mass is 16.5. The van der Waals surface area contributed by atoms with Gasteiger partial charge in [0.15, 0.2) is 0 Å². The third-order valence-electron chi connectivity index (χ3n) is 3.12. The van der Waals surface area contributed by atoms with Gasteiger partial charge in [-0.1, -0.05) is 0 Å². The van der Waals surface area contributed by atoms with E-state index in [9.17, 15) is 4.79 Å². The van der Waals surface area contributed by atoms with Gasteiger partial charge in [-0.2, -0.15) is 0 Å². The van der Waals surface area contributed by atoms with E-state index in [2.05, 4.69) is 15.5 Å². The Bertz CT molecular complexity index is 292. The van der Waals surface area contributed by atoms with Crippen molar-refractivity contribution in [1.82, 2.24) is 15.5 Å². The molecule has 0 aromatic heterocycles. The standard InChI is InChI=1S/C14H29N3O3/c1-14(2,3)16-13(19)15-12-5-4-6-17(11-12)7-9-20-10-8-18/h12,18H,4-11H2,1-3H3,(H2,15,16,19). The van der Waals surface area contributed by atoms with E-state index in [1.807, 2.05) is 20.8 Å². The average molecular weight is 287 g/mol. The van der Waals surface area contributed by atoms with Crippen LogP contribution < -0.4 is 10.6 Å². The van der Waals surface area contributed by atoms with Crippen molar-refractivity contribution in [1.29, 1.82) is 0 Å². The molecule has 0 aromatic carbocycles. The van der Waals surface area contributed by atoms with Gasteiger partial charge in [0.2, 0.25) is 0 Å². The van der Waals surface area contributed by atoms with Crippen molar-refractivity contribution in [3.8, 4) is 0 Å². The Morgan fingerprint density at radius 3 is 2.80 bits per heavy atom. The van der Waals surface area contributed by atoms with E-state index in [-0.39, 0.29) is 24.2 Å². The lowest BCUT2D eigenvalue weighted by Gasteiger charge is -2.33. The number of carbonyl (C=O) groups excluding carboxylic acids is 1. The van der Waals surface area contributed by atoms with Crippen LogP contribution in [0.5, 0.6) is 0 Å². The average Bonchev–Trinajstić information content (AvgIpc) is 2.32. The van der Waals surface area contributed by atoms with Crippen LogP contribution in [0.3, 0.4) is 0 Å². The Morgan fingerprint density at radius 1 is 1.40 bits per heavy atom. The first-order chi connectivity index (χ1) is 9.40. The van der Waals surface area contributed by atoms with E-state index in [0.717, 1.165) is 32.5 Å². The van der Waals surface area contributed by atoms with Crippen LogP contribution in [0.4, 0.5) is 4.79 Å². The summed E-state index contributed by atoms with van der Waals surface area (Å²) in [5.41, 5.74) is -0.212. The molecule has 0 saturated carbocycles. The first-order valence-corrected chi connectivity index (χ1v) is 7.40. The molecule has 0 radical (unpaired) electrons. The van der Waals surface area contributed by atoms with Gasteiger partial charge in [0.1, 0.15) is 0 Å². The van der Waals surface area contributed by atoms with Crippen molar-refractivity contribution < 1.29 is 14.6 Å². The van der Waals surface area contributed by atoms with Gasteiger partial charge in [-0.3, -0.25) is 4.90 Å². The molecular weight excluding hydrogens is 258 g/mol. The van der Waals surface area contributed by atoms with Crippen molar-refractivity contribution >= 4 is 6.03 Å². The number of rotatable bonds is 6. The van der Waals surface area contributed by atoms with Crippen LogP contribution in [0, 0.1) is 0 Å². The topological polar surface area (TPSA) is 73.8 Å². The third kappa shape index (κ3) is 7.67.